The highest BCUT2D eigenvalue weighted by molar-refractivity contribution is 7.85. The molecule has 0 spiro atoms. The average Bonchev–Trinajstić information content (AvgIpc) is 2.76. The molecule has 1 atom stereocenters. The molecule has 0 radical (unpaired) electrons. The Morgan fingerprint density at radius 2 is 1.68 bits per heavy atom. The Kier molecular flexibility index (Phi) is 7.00. The van der Waals surface area contributed by atoms with E-state index in [2.05, 4.69) is 31.1 Å². The van der Waals surface area contributed by atoms with Gasteiger partial charge in [0.1, 0.15) is 0 Å². The van der Waals surface area contributed by atoms with Gasteiger partial charge in [-0.05, 0) is 42.3 Å². The van der Waals surface area contributed by atoms with E-state index < -0.39 is 10.1 Å². The standard InChI is InChI=1S/C20H24N6O4S/c1-13(2)18(12-27)23-20-22-17(14-7-9-21-10-8-14)11-19(24-20)26-25-15-3-5-16(6-4-15)31(28,29)30/h3-11,13,18,25,27H,12H2,1-2H3,(H,28,29,30)(H2,22,23,24,26)/t18-/m0/s1. The summed E-state index contributed by atoms with van der Waals surface area (Å²) in [6.07, 6.45) is 3.33. The first kappa shape index (κ1) is 22.4. The van der Waals surface area contributed by atoms with Gasteiger partial charge in [-0.15, -0.1) is 0 Å². The number of nitrogens with zero attached hydrogens (tertiary/aromatic N) is 3. The Hall–Kier alpha value is -3.28. The number of aliphatic hydroxyl groups excluding tert-OH is 1. The summed E-state index contributed by atoms with van der Waals surface area (Å²) in [6, 6.07) is 10.7. The zero-order valence-corrected chi connectivity index (χ0v) is 17.8. The van der Waals surface area contributed by atoms with Crippen LogP contribution in [0.15, 0.2) is 59.8 Å². The second-order valence-electron chi connectivity index (χ2n) is 7.12. The minimum absolute atomic E-state index is 0.0678. The van der Waals surface area contributed by atoms with E-state index >= 15 is 0 Å². The predicted octanol–water partition coefficient (Wildman–Crippen LogP) is 2.65. The minimum Gasteiger partial charge on any atom is -0.394 e. The minimum atomic E-state index is -4.25. The molecule has 164 valence electrons. The maximum atomic E-state index is 11.2. The fourth-order valence-electron chi connectivity index (χ4n) is 2.68. The lowest BCUT2D eigenvalue weighted by Gasteiger charge is -2.21. The van der Waals surface area contributed by atoms with E-state index in [0.29, 0.717) is 23.1 Å². The van der Waals surface area contributed by atoms with Crippen LogP contribution in [0.1, 0.15) is 13.8 Å². The van der Waals surface area contributed by atoms with Crippen LogP contribution in [0.25, 0.3) is 11.3 Å². The molecule has 0 aliphatic heterocycles. The summed E-state index contributed by atoms with van der Waals surface area (Å²) >= 11 is 0. The van der Waals surface area contributed by atoms with Crippen molar-refractivity contribution in [2.24, 2.45) is 5.92 Å². The van der Waals surface area contributed by atoms with Crippen molar-refractivity contribution in [2.75, 3.05) is 22.8 Å². The topological polar surface area (TPSA) is 149 Å². The highest BCUT2D eigenvalue weighted by Gasteiger charge is 2.15. The van der Waals surface area contributed by atoms with Crippen molar-refractivity contribution in [3.63, 3.8) is 0 Å². The number of rotatable bonds is 9. The molecular formula is C20H24N6O4S. The van der Waals surface area contributed by atoms with Crippen molar-refractivity contribution in [3.8, 4) is 11.3 Å². The average molecular weight is 445 g/mol. The molecule has 0 unspecified atom stereocenters. The van der Waals surface area contributed by atoms with Crippen molar-refractivity contribution in [1.82, 2.24) is 15.0 Å². The first-order valence-electron chi connectivity index (χ1n) is 9.52. The van der Waals surface area contributed by atoms with E-state index in [1.165, 1.54) is 24.3 Å². The Morgan fingerprint density at radius 3 is 2.26 bits per heavy atom. The highest BCUT2D eigenvalue weighted by Crippen LogP contribution is 2.22. The molecule has 0 amide bonds. The Labute approximate surface area is 180 Å². The number of anilines is 3. The summed E-state index contributed by atoms with van der Waals surface area (Å²) < 4.78 is 31.4. The summed E-state index contributed by atoms with van der Waals surface area (Å²) in [6.45, 7) is 3.90. The Bertz CT molecular complexity index is 1110. The van der Waals surface area contributed by atoms with Crippen molar-refractivity contribution in [1.29, 1.82) is 0 Å². The van der Waals surface area contributed by atoms with Crippen molar-refractivity contribution in [3.05, 3.63) is 54.9 Å². The zero-order valence-electron chi connectivity index (χ0n) is 17.0. The molecule has 0 aliphatic rings. The monoisotopic (exact) mass is 444 g/mol. The van der Waals surface area contributed by atoms with Gasteiger partial charge < -0.3 is 10.4 Å². The van der Waals surface area contributed by atoms with Gasteiger partial charge in [0, 0.05) is 24.0 Å². The fourth-order valence-corrected chi connectivity index (χ4v) is 3.16. The van der Waals surface area contributed by atoms with Gasteiger partial charge in [-0.2, -0.15) is 13.4 Å². The Morgan fingerprint density at radius 1 is 1.00 bits per heavy atom. The zero-order chi connectivity index (χ0) is 22.4. The van der Waals surface area contributed by atoms with E-state index in [4.69, 9.17) is 4.55 Å². The third-order valence-corrected chi connectivity index (χ3v) is 5.37. The van der Waals surface area contributed by atoms with Crippen LogP contribution in [0, 0.1) is 5.92 Å². The molecule has 0 fully saturated rings. The molecule has 5 N–H and O–H groups in total. The number of hydrogen-bond donors (Lipinski definition) is 5. The number of hydrazine groups is 1. The molecule has 1 aromatic carbocycles. The Balaban J connectivity index is 1.85. The lowest BCUT2D eigenvalue weighted by atomic mass is 10.1. The summed E-state index contributed by atoms with van der Waals surface area (Å²) in [5, 5.41) is 12.8. The quantitative estimate of drug-likeness (QED) is 0.246. The van der Waals surface area contributed by atoms with Crippen molar-refractivity contribution in [2.45, 2.75) is 24.8 Å². The van der Waals surface area contributed by atoms with Crippen LogP contribution in [0.2, 0.25) is 0 Å². The van der Waals surface area contributed by atoms with Gasteiger partial charge in [-0.1, -0.05) is 13.8 Å². The lowest BCUT2D eigenvalue weighted by Crippen LogP contribution is -2.30. The van der Waals surface area contributed by atoms with E-state index in [9.17, 15) is 13.5 Å². The SMILES string of the molecule is CC(C)[C@H](CO)Nc1nc(NNc2ccc(S(=O)(=O)O)cc2)cc(-c2ccncc2)n1. The van der Waals surface area contributed by atoms with Crippen LogP contribution in [0.5, 0.6) is 0 Å². The van der Waals surface area contributed by atoms with Gasteiger partial charge in [0.05, 0.1) is 28.9 Å². The third kappa shape index (κ3) is 6.10. The number of aliphatic hydroxyl groups is 1. The first-order valence-corrected chi connectivity index (χ1v) is 11.0. The molecule has 3 aromatic rings. The number of benzene rings is 1. The maximum absolute atomic E-state index is 11.2. The number of pyridine rings is 1. The molecule has 0 saturated heterocycles. The first-order chi connectivity index (χ1) is 14.8. The van der Waals surface area contributed by atoms with Crippen LogP contribution in [0.3, 0.4) is 0 Å². The lowest BCUT2D eigenvalue weighted by molar-refractivity contribution is 0.248. The van der Waals surface area contributed by atoms with Crippen molar-refractivity contribution >= 4 is 27.6 Å². The summed E-state index contributed by atoms with van der Waals surface area (Å²) in [4.78, 5) is 12.8. The van der Waals surface area contributed by atoms with Crippen LogP contribution in [-0.4, -0.2) is 45.7 Å². The second-order valence-corrected chi connectivity index (χ2v) is 8.55. The fraction of sp³-hybridized carbons (Fsp3) is 0.250. The van der Waals surface area contributed by atoms with Gasteiger partial charge in [0.2, 0.25) is 5.95 Å². The van der Waals surface area contributed by atoms with Crippen LogP contribution in [0.4, 0.5) is 17.5 Å². The van der Waals surface area contributed by atoms with Gasteiger partial charge in [0.15, 0.2) is 5.82 Å². The number of aromatic nitrogens is 3. The molecule has 0 saturated carbocycles. The summed E-state index contributed by atoms with van der Waals surface area (Å²) in [5.41, 5.74) is 7.93. The van der Waals surface area contributed by atoms with Gasteiger partial charge in [-0.3, -0.25) is 20.4 Å². The van der Waals surface area contributed by atoms with E-state index in [0.717, 1.165) is 5.56 Å². The van der Waals surface area contributed by atoms with Crippen LogP contribution < -0.4 is 16.2 Å². The van der Waals surface area contributed by atoms with Gasteiger partial charge in [-0.25, -0.2) is 4.98 Å². The van der Waals surface area contributed by atoms with Crippen LogP contribution in [-0.2, 0) is 10.1 Å². The third-order valence-electron chi connectivity index (χ3n) is 4.51. The predicted molar refractivity (Wildman–Crippen MR) is 118 cm³/mol. The maximum Gasteiger partial charge on any atom is 0.294 e. The highest BCUT2D eigenvalue weighted by atomic mass is 32.2. The van der Waals surface area contributed by atoms with Gasteiger partial charge >= 0.3 is 0 Å². The van der Waals surface area contributed by atoms with E-state index in [1.807, 2.05) is 26.0 Å². The number of hydrogen-bond acceptors (Lipinski definition) is 9. The molecule has 2 heterocycles. The molecule has 11 heteroatoms. The van der Waals surface area contributed by atoms with E-state index in [1.54, 1.807) is 18.5 Å². The normalized spacial score (nSPS) is 12.4. The molecule has 0 aliphatic carbocycles. The molecule has 10 nitrogen and oxygen atoms in total. The molecule has 2 aromatic heterocycles. The van der Waals surface area contributed by atoms with E-state index in [-0.39, 0.29) is 23.5 Å². The largest absolute Gasteiger partial charge is 0.394 e. The molecule has 3 rings (SSSR count). The van der Waals surface area contributed by atoms with Crippen LogP contribution >= 0.6 is 0 Å². The summed E-state index contributed by atoms with van der Waals surface area (Å²) in [5.74, 6) is 0.950. The van der Waals surface area contributed by atoms with Gasteiger partial charge in [0.25, 0.3) is 10.1 Å². The van der Waals surface area contributed by atoms with Crippen molar-refractivity contribution < 1.29 is 18.1 Å². The molecule has 0 bridgehead atoms. The number of nitrogens with one attached hydrogen (secondary N) is 3. The second kappa shape index (κ2) is 9.69. The molecular weight excluding hydrogens is 420 g/mol. The molecule has 31 heavy (non-hydrogen) atoms. The summed E-state index contributed by atoms with van der Waals surface area (Å²) in [7, 11) is -4.25. The smallest absolute Gasteiger partial charge is 0.294 e.